The zero-order chi connectivity index (χ0) is 14.7. The molecule has 1 aromatic heterocycles. The van der Waals surface area contributed by atoms with E-state index in [1.807, 2.05) is 18.5 Å². The third-order valence-electron chi connectivity index (χ3n) is 4.49. The van der Waals surface area contributed by atoms with Gasteiger partial charge in [-0.15, -0.1) is 12.4 Å². The molecule has 22 heavy (non-hydrogen) atoms. The fraction of sp³-hybridized carbons (Fsp3) is 0.471. The van der Waals surface area contributed by atoms with E-state index in [2.05, 4.69) is 45.6 Å². The van der Waals surface area contributed by atoms with Crippen LogP contribution in [0.2, 0.25) is 0 Å². The van der Waals surface area contributed by atoms with Gasteiger partial charge in [0.15, 0.2) is 0 Å². The summed E-state index contributed by atoms with van der Waals surface area (Å²) in [5, 5.41) is 0. The van der Waals surface area contributed by atoms with Crippen molar-refractivity contribution in [2.24, 2.45) is 11.7 Å². The molecule has 0 spiro atoms. The Morgan fingerprint density at radius 2 is 1.91 bits per heavy atom. The fourth-order valence-corrected chi connectivity index (χ4v) is 3.11. The first kappa shape index (κ1) is 17.0. The lowest BCUT2D eigenvalue weighted by Crippen LogP contribution is -2.39. The summed E-state index contributed by atoms with van der Waals surface area (Å²) in [6.07, 6.45) is 6.32. The molecule has 4 nitrogen and oxygen atoms in total. The number of hydrogen-bond donors (Lipinski definition) is 1. The van der Waals surface area contributed by atoms with Crippen molar-refractivity contribution < 1.29 is 0 Å². The summed E-state index contributed by atoms with van der Waals surface area (Å²) in [7, 11) is 0. The summed E-state index contributed by atoms with van der Waals surface area (Å²) in [6.45, 7) is 5.28. The van der Waals surface area contributed by atoms with Gasteiger partial charge in [0, 0.05) is 24.1 Å². The maximum absolute atomic E-state index is 6.01. The summed E-state index contributed by atoms with van der Waals surface area (Å²) >= 11 is 0. The predicted molar refractivity (Wildman–Crippen MR) is 92.5 cm³/mol. The molecule has 1 aromatic carbocycles. The van der Waals surface area contributed by atoms with Crippen molar-refractivity contribution in [2.75, 3.05) is 13.1 Å². The lowest BCUT2D eigenvalue weighted by Gasteiger charge is -2.33. The second-order valence-corrected chi connectivity index (χ2v) is 6.02. The summed E-state index contributed by atoms with van der Waals surface area (Å²) in [5.41, 5.74) is 7.19. The first-order valence-corrected chi connectivity index (χ1v) is 7.79. The normalized spacial score (nSPS) is 17.9. The van der Waals surface area contributed by atoms with E-state index in [0.29, 0.717) is 12.0 Å². The van der Waals surface area contributed by atoms with Crippen molar-refractivity contribution in [1.82, 2.24) is 14.5 Å². The lowest BCUT2D eigenvalue weighted by atomic mass is 9.91. The van der Waals surface area contributed by atoms with Crippen molar-refractivity contribution in [3.05, 3.63) is 48.5 Å². The van der Waals surface area contributed by atoms with E-state index < -0.39 is 0 Å². The van der Waals surface area contributed by atoms with E-state index >= 15 is 0 Å². The van der Waals surface area contributed by atoms with Crippen LogP contribution in [0.3, 0.4) is 0 Å². The summed E-state index contributed by atoms with van der Waals surface area (Å²) < 4.78 is 2.18. The third kappa shape index (κ3) is 3.88. The first-order chi connectivity index (χ1) is 10.2. The van der Waals surface area contributed by atoms with Crippen LogP contribution in [-0.4, -0.2) is 33.6 Å². The van der Waals surface area contributed by atoms with Gasteiger partial charge in [-0.1, -0.05) is 18.2 Å². The molecule has 3 rings (SSSR count). The molecule has 2 aromatic rings. The number of nitrogens with zero attached hydrogens (tertiary/aromatic N) is 3. The van der Waals surface area contributed by atoms with Gasteiger partial charge in [-0.3, -0.25) is 4.90 Å². The Balaban J connectivity index is 0.00000176. The van der Waals surface area contributed by atoms with Crippen molar-refractivity contribution >= 4 is 12.4 Å². The molecular formula is C17H25ClN4. The van der Waals surface area contributed by atoms with Crippen LogP contribution in [0.1, 0.15) is 25.6 Å². The van der Waals surface area contributed by atoms with E-state index in [-0.39, 0.29) is 12.4 Å². The molecule has 1 fully saturated rings. The van der Waals surface area contributed by atoms with Gasteiger partial charge in [-0.2, -0.15) is 0 Å². The highest BCUT2D eigenvalue weighted by atomic mass is 35.5. The molecular weight excluding hydrogens is 296 g/mol. The van der Waals surface area contributed by atoms with Crippen LogP contribution in [0, 0.1) is 5.92 Å². The van der Waals surface area contributed by atoms with Gasteiger partial charge in [0.25, 0.3) is 0 Å². The molecule has 0 amide bonds. The van der Waals surface area contributed by atoms with Gasteiger partial charge in [0.2, 0.25) is 0 Å². The Labute approximate surface area is 138 Å². The van der Waals surface area contributed by atoms with Crippen molar-refractivity contribution in [2.45, 2.75) is 32.4 Å². The summed E-state index contributed by atoms with van der Waals surface area (Å²) in [5.74, 6) is 1.79. The van der Waals surface area contributed by atoms with Crippen molar-refractivity contribution in [3.63, 3.8) is 0 Å². The van der Waals surface area contributed by atoms with Crippen molar-refractivity contribution in [1.29, 1.82) is 0 Å². The molecule has 120 valence electrons. The zero-order valence-corrected chi connectivity index (χ0v) is 13.9. The van der Waals surface area contributed by atoms with Crippen LogP contribution in [0.15, 0.2) is 42.7 Å². The van der Waals surface area contributed by atoms with Gasteiger partial charge in [0.05, 0.1) is 6.54 Å². The van der Waals surface area contributed by atoms with E-state index in [9.17, 15) is 0 Å². The highest BCUT2D eigenvalue weighted by molar-refractivity contribution is 5.85. The highest BCUT2D eigenvalue weighted by Gasteiger charge is 2.22. The summed E-state index contributed by atoms with van der Waals surface area (Å²) in [4.78, 5) is 7.02. The molecule has 2 N–H and O–H groups in total. The van der Waals surface area contributed by atoms with Gasteiger partial charge < -0.3 is 10.3 Å². The van der Waals surface area contributed by atoms with Gasteiger partial charge in [-0.05, 0) is 50.9 Å². The molecule has 1 unspecified atom stereocenters. The highest BCUT2D eigenvalue weighted by Crippen LogP contribution is 2.21. The minimum atomic E-state index is 0. The van der Waals surface area contributed by atoms with Crippen LogP contribution in [0.5, 0.6) is 0 Å². The third-order valence-corrected chi connectivity index (χ3v) is 4.49. The Morgan fingerprint density at radius 1 is 1.23 bits per heavy atom. The van der Waals surface area contributed by atoms with E-state index in [4.69, 9.17) is 5.73 Å². The standard InChI is InChI=1S/C17H24N4.ClH/c1-14(18)15-7-10-20(11-8-15)13-17-19-9-12-21(17)16-5-3-2-4-6-16;/h2-6,9,12,14-15H,7-8,10-11,13,18H2,1H3;1H. The van der Waals surface area contributed by atoms with Crippen LogP contribution < -0.4 is 5.73 Å². The number of halogens is 1. The maximum atomic E-state index is 6.01. The second kappa shape index (κ2) is 7.77. The predicted octanol–water partition coefficient (Wildman–Crippen LogP) is 2.85. The molecule has 0 aliphatic carbocycles. The van der Waals surface area contributed by atoms with Crippen LogP contribution in [0.4, 0.5) is 0 Å². The average Bonchev–Trinajstić information content (AvgIpc) is 2.97. The van der Waals surface area contributed by atoms with Crippen LogP contribution >= 0.6 is 12.4 Å². The van der Waals surface area contributed by atoms with Crippen LogP contribution in [-0.2, 0) is 6.54 Å². The fourth-order valence-electron chi connectivity index (χ4n) is 3.11. The maximum Gasteiger partial charge on any atom is 0.127 e. The van der Waals surface area contributed by atoms with Gasteiger partial charge in [-0.25, -0.2) is 4.98 Å². The first-order valence-electron chi connectivity index (χ1n) is 7.79. The number of para-hydroxylation sites is 1. The molecule has 1 saturated heterocycles. The molecule has 1 aliphatic rings. The van der Waals surface area contributed by atoms with Crippen LogP contribution in [0.25, 0.3) is 5.69 Å². The quantitative estimate of drug-likeness (QED) is 0.942. The van der Waals surface area contributed by atoms with E-state index in [1.54, 1.807) is 0 Å². The smallest absolute Gasteiger partial charge is 0.127 e. The Hall–Kier alpha value is -1.36. The molecule has 1 aliphatic heterocycles. The molecule has 2 heterocycles. The number of aromatic nitrogens is 2. The molecule has 0 bridgehead atoms. The monoisotopic (exact) mass is 320 g/mol. The topological polar surface area (TPSA) is 47.1 Å². The van der Waals surface area contributed by atoms with Crippen molar-refractivity contribution in [3.8, 4) is 5.69 Å². The Kier molecular flexibility index (Phi) is 6.00. The van der Waals surface area contributed by atoms with E-state index in [1.165, 1.54) is 18.5 Å². The van der Waals surface area contributed by atoms with Gasteiger partial charge >= 0.3 is 0 Å². The Bertz CT molecular complexity index is 559. The molecule has 0 saturated carbocycles. The molecule has 1 atom stereocenters. The summed E-state index contributed by atoms with van der Waals surface area (Å²) in [6, 6.07) is 10.7. The number of nitrogens with two attached hydrogens (primary N) is 1. The number of hydrogen-bond acceptors (Lipinski definition) is 3. The SMILES string of the molecule is CC(N)C1CCN(Cc2nccn2-c2ccccc2)CC1.Cl. The number of likely N-dealkylation sites (tertiary alicyclic amines) is 1. The van der Waals surface area contributed by atoms with Gasteiger partial charge in [0.1, 0.15) is 5.82 Å². The number of benzene rings is 1. The minimum Gasteiger partial charge on any atom is -0.328 e. The minimum absolute atomic E-state index is 0. The number of piperidine rings is 1. The Morgan fingerprint density at radius 3 is 2.55 bits per heavy atom. The second-order valence-electron chi connectivity index (χ2n) is 6.02. The van der Waals surface area contributed by atoms with E-state index in [0.717, 1.165) is 25.5 Å². The molecule has 5 heteroatoms. The lowest BCUT2D eigenvalue weighted by molar-refractivity contribution is 0.162. The zero-order valence-electron chi connectivity index (χ0n) is 13.1. The number of imidazole rings is 1. The largest absolute Gasteiger partial charge is 0.328 e. The molecule has 0 radical (unpaired) electrons. The average molecular weight is 321 g/mol. The number of rotatable bonds is 4.